The van der Waals surface area contributed by atoms with Crippen molar-refractivity contribution in [2.75, 3.05) is 11.4 Å². The quantitative estimate of drug-likeness (QED) is 0.911. The third kappa shape index (κ3) is 1.66. The molecule has 0 aromatic heterocycles. The van der Waals surface area contributed by atoms with Crippen LogP contribution in [0.3, 0.4) is 0 Å². The predicted octanol–water partition coefficient (Wildman–Crippen LogP) is 2.93. The summed E-state index contributed by atoms with van der Waals surface area (Å²) >= 11 is 0. The average molecular weight is 263 g/mol. The smallest absolute Gasteiger partial charge is 0.326 e. The van der Waals surface area contributed by atoms with Crippen LogP contribution in [0.15, 0.2) is 18.2 Å². The summed E-state index contributed by atoms with van der Waals surface area (Å²) in [6.45, 7) is 2.51. The van der Waals surface area contributed by atoms with Crippen molar-refractivity contribution in [1.29, 1.82) is 0 Å². The van der Waals surface area contributed by atoms with Crippen LogP contribution >= 0.6 is 0 Å². The molecule has 3 rings (SSSR count). The largest absolute Gasteiger partial charge is 0.480 e. The molecule has 1 aliphatic carbocycles. The van der Waals surface area contributed by atoms with E-state index in [4.69, 9.17) is 0 Å². The first-order valence-electron chi connectivity index (χ1n) is 6.87. The lowest BCUT2D eigenvalue weighted by Crippen LogP contribution is -2.46. The van der Waals surface area contributed by atoms with Gasteiger partial charge in [-0.05, 0) is 31.4 Å². The highest BCUT2D eigenvalue weighted by molar-refractivity contribution is 5.80. The van der Waals surface area contributed by atoms with Crippen molar-refractivity contribution in [1.82, 2.24) is 0 Å². The van der Waals surface area contributed by atoms with Crippen molar-refractivity contribution >= 4 is 11.7 Å². The van der Waals surface area contributed by atoms with E-state index in [0.29, 0.717) is 13.0 Å². The lowest BCUT2D eigenvalue weighted by atomic mass is 9.65. The zero-order valence-electron chi connectivity index (χ0n) is 11.0. The molecule has 102 valence electrons. The third-order valence-electron chi connectivity index (χ3n) is 4.66. The number of nitrogens with zero attached hydrogens (tertiary/aromatic N) is 1. The van der Waals surface area contributed by atoms with Gasteiger partial charge in [0.25, 0.3) is 0 Å². The molecule has 1 N–H and O–H groups in total. The highest BCUT2D eigenvalue weighted by Gasteiger charge is 2.50. The number of carboxylic acids is 1. The second-order valence-corrected chi connectivity index (χ2v) is 5.66. The van der Waals surface area contributed by atoms with Crippen molar-refractivity contribution in [2.24, 2.45) is 0 Å². The van der Waals surface area contributed by atoms with Crippen LogP contribution in [0.5, 0.6) is 0 Å². The van der Waals surface area contributed by atoms with Gasteiger partial charge in [-0.25, -0.2) is 9.18 Å². The fraction of sp³-hybridized carbons (Fsp3) is 0.533. The van der Waals surface area contributed by atoms with Gasteiger partial charge in [0.15, 0.2) is 0 Å². The van der Waals surface area contributed by atoms with Crippen LogP contribution < -0.4 is 4.90 Å². The first-order valence-corrected chi connectivity index (χ1v) is 6.87. The number of hydrogen-bond donors (Lipinski definition) is 1. The zero-order valence-corrected chi connectivity index (χ0v) is 11.0. The van der Waals surface area contributed by atoms with E-state index in [1.165, 1.54) is 6.07 Å². The molecule has 1 aliphatic heterocycles. The van der Waals surface area contributed by atoms with Crippen LogP contribution in [0.1, 0.15) is 38.2 Å². The summed E-state index contributed by atoms with van der Waals surface area (Å²) in [5.74, 6) is -1.01. The van der Waals surface area contributed by atoms with E-state index in [1.54, 1.807) is 6.07 Å². The number of carbonyl (C=O) groups is 1. The second kappa shape index (κ2) is 4.22. The standard InChI is InChI=1S/C15H18FNO2/c1-2-11(14(18)19)17-9-15(7-4-8-15)13-10(16)5-3-6-12(13)17/h3,5-6,11H,2,4,7-9H2,1H3,(H,18,19). The van der Waals surface area contributed by atoms with Gasteiger partial charge in [-0.15, -0.1) is 0 Å². The zero-order chi connectivity index (χ0) is 13.6. The van der Waals surface area contributed by atoms with Crippen LogP contribution in [0.25, 0.3) is 0 Å². The van der Waals surface area contributed by atoms with Gasteiger partial charge in [0, 0.05) is 23.2 Å². The number of carboxylic acid groups (broad SMARTS) is 1. The van der Waals surface area contributed by atoms with E-state index in [9.17, 15) is 14.3 Å². The highest BCUT2D eigenvalue weighted by atomic mass is 19.1. The lowest BCUT2D eigenvalue weighted by molar-refractivity contribution is -0.138. The number of benzene rings is 1. The predicted molar refractivity (Wildman–Crippen MR) is 71.0 cm³/mol. The van der Waals surface area contributed by atoms with Gasteiger partial charge in [-0.3, -0.25) is 0 Å². The summed E-state index contributed by atoms with van der Waals surface area (Å²) < 4.78 is 14.2. The monoisotopic (exact) mass is 263 g/mol. The average Bonchev–Trinajstić information content (AvgIpc) is 2.67. The molecule has 0 saturated heterocycles. The van der Waals surface area contributed by atoms with Gasteiger partial charge >= 0.3 is 5.97 Å². The number of hydrogen-bond acceptors (Lipinski definition) is 2. The molecule has 1 saturated carbocycles. The molecular formula is C15H18FNO2. The Morgan fingerprint density at radius 3 is 2.79 bits per heavy atom. The Kier molecular flexibility index (Phi) is 2.77. The third-order valence-corrected chi connectivity index (χ3v) is 4.66. The first kappa shape index (κ1) is 12.5. The van der Waals surface area contributed by atoms with Gasteiger partial charge in [0.2, 0.25) is 0 Å². The van der Waals surface area contributed by atoms with E-state index in [-0.39, 0.29) is 11.2 Å². The van der Waals surface area contributed by atoms with E-state index in [0.717, 1.165) is 30.5 Å². The maximum absolute atomic E-state index is 14.2. The molecule has 1 unspecified atom stereocenters. The summed E-state index contributed by atoms with van der Waals surface area (Å²) in [6, 6.07) is 4.47. The van der Waals surface area contributed by atoms with Crippen LogP contribution in [0.2, 0.25) is 0 Å². The van der Waals surface area contributed by atoms with E-state index in [2.05, 4.69) is 0 Å². The first-order chi connectivity index (χ1) is 9.09. The summed E-state index contributed by atoms with van der Waals surface area (Å²) in [4.78, 5) is 13.3. The van der Waals surface area contributed by atoms with Crippen LogP contribution in [-0.4, -0.2) is 23.7 Å². The molecule has 1 atom stereocenters. The Hall–Kier alpha value is -1.58. The minimum absolute atomic E-state index is 0.135. The molecule has 1 spiro atoms. The van der Waals surface area contributed by atoms with E-state index < -0.39 is 12.0 Å². The molecule has 0 radical (unpaired) electrons. The minimum Gasteiger partial charge on any atom is -0.480 e. The molecule has 1 aromatic rings. The lowest BCUT2D eigenvalue weighted by Gasteiger charge is -2.39. The molecular weight excluding hydrogens is 245 g/mol. The molecule has 4 heteroatoms. The number of anilines is 1. The minimum atomic E-state index is -0.825. The second-order valence-electron chi connectivity index (χ2n) is 5.66. The normalized spacial score (nSPS) is 21.1. The van der Waals surface area contributed by atoms with Crippen LogP contribution in [0, 0.1) is 5.82 Å². The maximum Gasteiger partial charge on any atom is 0.326 e. The van der Waals surface area contributed by atoms with Gasteiger partial charge in [0.05, 0.1) is 0 Å². The van der Waals surface area contributed by atoms with Crippen molar-refractivity contribution in [3.63, 3.8) is 0 Å². The topological polar surface area (TPSA) is 40.5 Å². The Balaban J connectivity index is 2.08. The number of halogens is 1. The van der Waals surface area contributed by atoms with Gasteiger partial charge in [-0.2, -0.15) is 0 Å². The number of rotatable bonds is 3. The summed E-state index contributed by atoms with van der Waals surface area (Å²) in [5, 5.41) is 9.35. The summed E-state index contributed by atoms with van der Waals surface area (Å²) in [5.41, 5.74) is 1.40. The van der Waals surface area contributed by atoms with Crippen LogP contribution in [0.4, 0.5) is 10.1 Å². The molecule has 0 amide bonds. The Labute approximate surface area is 112 Å². The number of fused-ring (bicyclic) bond motifs is 2. The van der Waals surface area contributed by atoms with Gasteiger partial charge in [0.1, 0.15) is 11.9 Å². The van der Waals surface area contributed by atoms with Crippen molar-refractivity contribution < 1.29 is 14.3 Å². The van der Waals surface area contributed by atoms with Gasteiger partial charge in [-0.1, -0.05) is 19.4 Å². The molecule has 3 nitrogen and oxygen atoms in total. The molecule has 1 aromatic carbocycles. The molecule has 1 fully saturated rings. The fourth-order valence-electron chi connectivity index (χ4n) is 3.59. The molecule has 19 heavy (non-hydrogen) atoms. The van der Waals surface area contributed by atoms with E-state index >= 15 is 0 Å². The highest BCUT2D eigenvalue weighted by Crippen LogP contribution is 2.54. The van der Waals surface area contributed by atoms with E-state index in [1.807, 2.05) is 17.9 Å². The molecule has 1 heterocycles. The Morgan fingerprint density at radius 2 is 2.26 bits per heavy atom. The maximum atomic E-state index is 14.2. The van der Waals surface area contributed by atoms with Crippen LogP contribution in [-0.2, 0) is 10.2 Å². The number of aliphatic carboxylic acids is 1. The van der Waals surface area contributed by atoms with Crippen molar-refractivity contribution in [3.05, 3.63) is 29.6 Å². The van der Waals surface area contributed by atoms with Crippen molar-refractivity contribution in [3.8, 4) is 0 Å². The van der Waals surface area contributed by atoms with Crippen molar-refractivity contribution in [2.45, 2.75) is 44.1 Å². The summed E-state index contributed by atoms with van der Waals surface area (Å²) in [7, 11) is 0. The molecule has 0 bridgehead atoms. The Bertz CT molecular complexity index is 525. The fourth-order valence-corrected chi connectivity index (χ4v) is 3.59. The van der Waals surface area contributed by atoms with Gasteiger partial charge < -0.3 is 10.0 Å². The molecule has 2 aliphatic rings. The summed E-state index contributed by atoms with van der Waals surface area (Å²) in [6.07, 6.45) is 3.56. The SMILES string of the molecule is CCC(C(=O)O)N1CC2(CCC2)c2c(F)cccc21. The Morgan fingerprint density at radius 1 is 1.53 bits per heavy atom.